The summed E-state index contributed by atoms with van der Waals surface area (Å²) in [6, 6.07) is 10.8. The summed E-state index contributed by atoms with van der Waals surface area (Å²) in [7, 11) is 1.59. The van der Waals surface area contributed by atoms with E-state index in [4.69, 9.17) is 9.47 Å². The van der Waals surface area contributed by atoms with Crippen LogP contribution in [0.1, 0.15) is 27.9 Å². The number of amides is 1. The number of pyridine rings is 1. The number of hydrogen-bond acceptors (Lipinski definition) is 6. The quantitative estimate of drug-likeness (QED) is 0.770. The number of alkyl carbamates (subject to hydrolysis) is 1. The van der Waals surface area contributed by atoms with Crippen LogP contribution in [0.3, 0.4) is 0 Å². The molecule has 0 saturated carbocycles. The Morgan fingerprint density at radius 3 is 2.76 bits per heavy atom. The number of ether oxygens (including phenoxy) is 2. The minimum absolute atomic E-state index is 0.203. The molecule has 1 aliphatic rings. The Bertz CT molecular complexity index is 859. The SMILES string of the molecule is CO[C@@H]1CN(c2cc(C(=O)O)c(C)cn2)CC[C@@H]1NC(=O)OCc1ccccc1. The van der Waals surface area contributed by atoms with Crippen molar-refractivity contribution in [2.45, 2.75) is 32.1 Å². The lowest BCUT2D eigenvalue weighted by Gasteiger charge is -2.38. The molecule has 2 aromatic rings. The van der Waals surface area contributed by atoms with Gasteiger partial charge in [0.05, 0.1) is 17.7 Å². The Kier molecular flexibility index (Phi) is 6.66. The van der Waals surface area contributed by atoms with E-state index in [1.54, 1.807) is 26.3 Å². The number of carboxylic acid groups (broad SMARTS) is 1. The number of carbonyl (C=O) groups excluding carboxylic acids is 1. The van der Waals surface area contributed by atoms with Crippen LogP contribution >= 0.6 is 0 Å². The van der Waals surface area contributed by atoms with E-state index in [2.05, 4.69) is 10.3 Å². The van der Waals surface area contributed by atoms with E-state index in [9.17, 15) is 14.7 Å². The van der Waals surface area contributed by atoms with Crippen LogP contribution in [0.15, 0.2) is 42.6 Å². The van der Waals surface area contributed by atoms with Gasteiger partial charge in [-0.1, -0.05) is 30.3 Å². The highest BCUT2D eigenvalue weighted by atomic mass is 16.5. The average Bonchev–Trinajstić information content (AvgIpc) is 2.73. The highest BCUT2D eigenvalue weighted by Gasteiger charge is 2.31. The van der Waals surface area contributed by atoms with Gasteiger partial charge in [0.15, 0.2) is 0 Å². The van der Waals surface area contributed by atoms with Crippen molar-refractivity contribution < 1.29 is 24.2 Å². The van der Waals surface area contributed by atoms with Gasteiger partial charge in [0.25, 0.3) is 0 Å². The second kappa shape index (κ2) is 9.38. The van der Waals surface area contributed by atoms with Crippen LogP contribution in [0.5, 0.6) is 0 Å². The smallest absolute Gasteiger partial charge is 0.407 e. The molecule has 3 rings (SSSR count). The molecule has 0 unspecified atom stereocenters. The van der Waals surface area contributed by atoms with Crippen LogP contribution in [-0.4, -0.2) is 54.5 Å². The van der Waals surface area contributed by atoms with Crippen LogP contribution in [-0.2, 0) is 16.1 Å². The van der Waals surface area contributed by atoms with E-state index in [1.807, 2.05) is 35.2 Å². The first-order valence-electron chi connectivity index (χ1n) is 9.43. The normalized spacial score (nSPS) is 18.9. The largest absolute Gasteiger partial charge is 0.478 e. The Labute approximate surface area is 169 Å². The Hall–Kier alpha value is -3.13. The molecule has 2 N–H and O–H groups in total. The van der Waals surface area contributed by atoms with Gasteiger partial charge in [-0.2, -0.15) is 0 Å². The van der Waals surface area contributed by atoms with Crippen molar-refractivity contribution in [3.8, 4) is 0 Å². The number of rotatable bonds is 6. The molecule has 0 radical (unpaired) electrons. The number of hydrogen-bond donors (Lipinski definition) is 2. The highest BCUT2D eigenvalue weighted by Crippen LogP contribution is 2.22. The lowest BCUT2D eigenvalue weighted by Crippen LogP contribution is -2.55. The number of carboxylic acids is 1. The molecular weight excluding hydrogens is 374 g/mol. The molecule has 1 fully saturated rings. The maximum Gasteiger partial charge on any atom is 0.407 e. The summed E-state index contributed by atoms with van der Waals surface area (Å²) < 4.78 is 10.9. The van der Waals surface area contributed by atoms with E-state index in [1.165, 1.54) is 0 Å². The van der Waals surface area contributed by atoms with Gasteiger partial charge in [0.2, 0.25) is 0 Å². The number of carbonyl (C=O) groups is 2. The molecule has 1 saturated heterocycles. The molecule has 1 aromatic heterocycles. The maximum absolute atomic E-state index is 12.2. The van der Waals surface area contributed by atoms with Crippen molar-refractivity contribution in [3.63, 3.8) is 0 Å². The molecular formula is C21H25N3O5. The monoisotopic (exact) mass is 399 g/mol. The van der Waals surface area contributed by atoms with Crippen molar-refractivity contribution in [1.82, 2.24) is 10.3 Å². The number of aryl methyl sites for hydroxylation is 1. The Balaban J connectivity index is 1.58. The first-order chi connectivity index (χ1) is 14.0. The topological polar surface area (TPSA) is 101 Å². The second-order valence-corrected chi connectivity index (χ2v) is 6.98. The number of anilines is 1. The number of piperidine rings is 1. The zero-order chi connectivity index (χ0) is 20.8. The second-order valence-electron chi connectivity index (χ2n) is 6.98. The number of aromatic nitrogens is 1. The van der Waals surface area contributed by atoms with Crippen molar-refractivity contribution in [2.75, 3.05) is 25.1 Å². The van der Waals surface area contributed by atoms with Gasteiger partial charge in [-0.25, -0.2) is 14.6 Å². The summed E-state index contributed by atoms with van der Waals surface area (Å²) in [6.45, 7) is 3.01. The van der Waals surface area contributed by atoms with Crippen LogP contribution in [0.4, 0.5) is 10.6 Å². The van der Waals surface area contributed by atoms with Crippen molar-refractivity contribution in [2.24, 2.45) is 0 Å². The third-order valence-electron chi connectivity index (χ3n) is 5.02. The minimum Gasteiger partial charge on any atom is -0.478 e. The fraction of sp³-hybridized carbons (Fsp3) is 0.381. The van der Waals surface area contributed by atoms with Gasteiger partial charge in [0.1, 0.15) is 12.4 Å². The van der Waals surface area contributed by atoms with Gasteiger partial charge >= 0.3 is 12.1 Å². The van der Waals surface area contributed by atoms with Crippen LogP contribution in [0.25, 0.3) is 0 Å². The molecule has 29 heavy (non-hydrogen) atoms. The first-order valence-corrected chi connectivity index (χ1v) is 9.43. The fourth-order valence-electron chi connectivity index (χ4n) is 3.36. The maximum atomic E-state index is 12.2. The van der Waals surface area contributed by atoms with Crippen molar-refractivity contribution in [3.05, 3.63) is 59.3 Å². The average molecular weight is 399 g/mol. The number of nitrogens with zero attached hydrogens (tertiary/aromatic N) is 2. The first kappa shape index (κ1) is 20.6. The molecule has 0 spiro atoms. The molecule has 0 aliphatic carbocycles. The van der Waals surface area contributed by atoms with E-state index in [0.29, 0.717) is 30.9 Å². The Morgan fingerprint density at radius 2 is 2.07 bits per heavy atom. The van der Waals surface area contributed by atoms with Gasteiger partial charge in [-0.15, -0.1) is 0 Å². The fourth-order valence-corrected chi connectivity index (χ4v) is 3.36. The molecule has 154 valence electrons. The molecule has 2 atom stereocenters. The van der Waals surface area contributed by atoms with Gasteiger partial charge < -0.3 is 24.8 Å². The van der Waals surface area contributed by atoms with Crippen molar-refractivity contribution in [1.29, 1.82) is 0 Å². The van der Waals surface area contributed by atoms with Crippen LogP contribution in [0.2, 0.25) is 0 Å². The lowest BCUT2D eigenvalue weighted by atomic mass is 10.0. The van der Waals surface area contributed by atoms with E-state index in [-0.39, 0.29) is 24.3 Å². The van der Waals surface area contributed by atoms with E-state index in [0.717, 1.165) is 5.56 Å². The third kappa shape index (κ3) is 5.23. The Morgan fingerprint density at radius 1 is 1.31 bits per heavy atom. The van der Waals surface area contributed by atoms with Crippen LogP contribution in [0, 0.1) is 6.92 Å². The summed E-state index contributed by atoms with van der Waals surface area (Å²) in [5, 5.41) is 12.2. The molecule has 8 nitrogen and oxygen atoms in total. The standard InChI is InChI=1S/C21H25N3O5/c1-14-11-22-19(10-16(14)20(25)26)24-9-8-17(18(12-24)28-2)23-21(27)29-13-15-6-4-3-5-7-15/h3-7,10-11,17-18H,8-9,12-13H2,1-2H3,(H,23,27)(H,25,26)/t17-,18+/m0/s1. The number of nitrogens with one attached hydrogen (secondary N) is 1. The summed E-state index contributed by atoms with van der Waals surface area (Å²) in [5.74, 6) is -0.396. The third-order valence-corrected chi connectivity index (χ3v) is 5.02. The van der Waals surface area contributed by atoms with Gasteiger partial charge in [0, 0.05) is 26.4 Å². The van der Waals surface area contributed by atoms with Crippen LogP contribution < -0.4 is 10.2 Å². The number of benzene rings is 1. The van der Waals surface area contributed by atoms with Gasteiger partial charge in [-0.3, -0.25) is 0 Å². The molecule has 1 aliphatic heterocycles. The molecule has 0 bridgehead atoms. The molecule has 1 amide bonds. The minimum atomic E-state index is -0.979. The lowest BCUT2D eigenvalue weighted by molar-refractivity contribution is 0.0544. The molecule has 1 aromatic carbocycles. The molecule has 8 heteroatoms. The van der Waals surface area contributed by atoms with E-state index >= 15 is 0 Å². The van der Waals surface area contributed by atoms with Gasteiger partial charge in [-0.05, 0) is 30.5 Å². The molecule has 2 heterocycles. The summed E-state index contributed by atoms with van der Waals surface area (Å²) in [6.07, 6.45) is 1.42. The zero-order valence-electron chi connectivity index (χ0n) is 16.5. The van der Waals surface area contributed by atoms with E-state index < -0.39 is 12.1 Å². The summed E-state index contributed by atoms with van der Waals surface area (Å²) in [4.78, 5) is 29.9. The number of methoxy groups -OCH3 is 1. The van der Waals surface area contributed by atoms with Crippen molar-refractivity contribution >= 4 is 17.9 Å². The summed E-state index contributed by atoms with van der Waals surface area (Å²) in [5.41, 5.74) is 1.76. The highest BCUT2D eigenvalue weighted by molar-refractivity contribution is 5.90. The predicted octanol–water partition coefficient (Wildman–Crippen LogP) is 2.61. The number of aromatic carboxylic acids is 1. The predicted molar refractivity (Wildman–Crippen MR) is 107 cm³/mol. The summed E-state index contributed by atoms with van der Waals surface area (Å²) >= 11 is 0. The zero-order valence-corrected chi connectivity index (χ0v) is 16.5.